The van der Waals surface area contributed by atoms with Crippen LogP contribution in [-0.4, -0.2) is 20.1 Å². The summed E-state index contributed by atoms with van der Waals surface area (Å²) in [5.74, 6) is 0.792. The zero-order valence-electron chi connectivity index (χ0n) is 8.75. The van der Waals surface area contributed by atoms with Crippen molar-refractivity contribution >= 4 is 45.9 Å². The summed E-state index contributed by atoms with van der Waals surface area (Å²) in [6, 6.07) is 8.11. The first-order valence-corrected chi connectivity index (χ1v) is 5.19. The van der Waals surface area contributed by atoms with E-state index in [0.29, 0.717) is 0 Å². The molecule has 0 amide bonds. The van der Waals surface area contributed by atoms with Crippen LogP contribution in [0.4, 0.5) is 0 Å². The highest BCUT2D eigenvalue weighted by Gasteiger charge is 1.98. The Morgan fingerprint density at radius 1 is 1.40 bits per heavy atom. The van der Waals surface area contributed by atoms with Gasteiger partial charge in [0.2, 0.25) is 0 Å². The summed E-state index contributed by atoms with van der Waals surface area (Å²) in [6.45, 7) is 0.759. The number of aliphatic imine (C=N–C) groups is 1. The molecule has 0 aliphatic rings. The van der Waals surface area contributed by atoms with Gasteiger partial charge in [0.25, 0.3) is 0 Å². The predicted octanol–water partition coefficient (Wildman–Crippen LogP) is 2.36. The van der Waals surface area contributed by atoms with Crippen LogP contribution in [0.15, 0.2) is 33.7 Å². The minimum absolute atomic E-state index is 0. The Labute approximate surface area is 116 Å². The van der Waals surface area contributed by atoms with Crippen molar-refractivity contribution in [2.24, 2.45) is 4.99 Å². The number of halogens is 2. The molecule has 5 heteroatoms. The van der Waals surface area contributed by atoms with Crippen LogP contribution in [0.3, 0.4) is 0 Å². The molecule has 0 aromatic heterocycles. The van der Waals surface area contributed by atoms with Gasteiger partial charge >= 0.3 is 0 Å². The van der Waals surface area contributed by atoms with Gasteiger partial charge in [-0.3, -0.25) is 4.99 Å². The van der Waals surface area contributed by atoms with Crippen LogP contribution >= 0.6 is 39.9 Å². The second kappa shape index (κ2) is 7.92. The van der Waals surface area contributed by atoms with Gasteiger partial charge in [0.1, 0.15) is 0 Å². The zero-order chi connectivity index (χ0) is 10.4. The molecule has 0 bridgehead atoms. The molecule has 0 saturated heterocycles. The maximum absolute atomic E-state index is 4.03. The molecule has 15 heavy (non-hydrogen) atoms. The van der Waals surface area contributed by atoms with E-state index in [1.807, 2.05) is 25.2 Å². The van der Waals surface area contributed by atoms with E-state index >= 15 is 0 Å². The fourth-order valence-electron chi connectivity index (χ4n) is 1.10. The van der Waals surface area contributed by atoms with E-state index in [4.69, 9.17) is 0 Å². The number of guanidine groups is 1. The van der Waals surface area contributed by atoms with E-state index in [2.05, 4.69) is 37.6 Å². The minimum atomic E-state index is 0. The summed E-state index contributed by atoms with van der Waals surface area (Å²) in [4.78, 5) is 4.03. The summed E-state index contributed by atoms with van der Waals surface area (Å²) >= 11 is 3.49. The molecule has 0 aliphatic heterocycles. The number of hydrogen-bond donors (Lipinski definition) is 2. The first-order valence-electron chi connectivity index (χ1n) is 4.39. The molecule has 1 aromatic rings. The molecule has 0 radical (unpaired) electrons. The predicted molar refractivity (Wildman–Crippen MR) is 78.8 cm³/mol. The van der Waals surface area contributed by atoms with Crippen LogP contribution in [0.25, 0.3) is 0 Å². The molecule has 0 fully saturated rings. The average molecular weight is 384 g/mol. The Hall–Kier alpha value is -0.300. The highest BCUT2D eigenvalue weighted by Crippen LogP contribution is 2.14. The van der Waals surface area contributed by atoms with Crippen LogP contribution < -0.4 is 10.6 Å². The van der Waals surface area contributed by atoms with Crippen LogP contribution in [0, 0.1) is 0 Å². The Kier molecular flexibility index (Phi) is 7.76. The largest absolute Gasteiger partial charge is 0.359 e. The number of rotatable bonds is 2. The molecular formula is C10H15BrIN3. The first-order chi connectivity index (χ1) is 6.77. The lowest BCUT2D eigenvalue weighted by atomic mass is 10.2. The Balaban J connectivity index is 0.00000196. The van der Waals surface area contributed by atoms with Gasteiger partial charge in [-0.05, 0) is 11.6 Å². The molecular weight excluding hydrogens is 369 g/mol. The van der Waals surface area contributed by atoms with Gasteiger partial charge in [0.15, 0.2) is 5.96 Å². The molecule has 0 atom stereocenters. The average Bonchev–Trinajstić information content (AvgIpc) is 2.22. The molecule has 0 saturated carbocycles. The second-order valence-corrected chi connectivity index (χ2v) is 3.62. The fourth-order valence-corrected chi connectivity index (χ4v) is 1.52. The topological polar surface area (TPSA) is 36.4 Å². The van der Waals surface area contributed by atoms with Crippen molar-refractivity contribution < 1.29 is 0 Å². The summed E-state index contributed by atoms with van der Waals surface area (Å²) in [6.07, 6.45) is 0. The molecule has 2 N–H and O–H groups in total. The standard InChI is InChI=1S/C10H14BrN3.HI/c1-12-10(13-2)14-7-8-5-3-4-6-9(8)11;/h3-6H,7H2,1-2H3,(H2,12,13,14);1H. The van der Waals surface area contributed by atoms with Crippen LogP contribution in [-0.2, 0) is 6.54 Å². The molecule has 0 spiro atoms. The number of nitrogens with zero attached hydrogens (tertiary/aromatic N) is 1. The first kappa shape index (κ1) is 14.7. The quantitative estimate of drug-likeness (QED) is 0.467. The van der Waals surface area contributed by atoms with Gasteiger partial charge in [0.05, 0.1) is 0 Å². The number of hydrogen-bond acceptors (Lipinski definition) is 1. The van der Waals surface area contributed by atoms with Crippen molar-refractivity contribution in [3.8, 4) is 0 Å². The van der Waals surface area contributed by atoms with Crippen molar-refractivity contribution in [1.82, 2.24) is 10.6 Å². The van der Waals surface area contributed by atoms with Gasteiger partial charge in [0, 0.05) is 25.1 Å². The van der Waals surface area contributed by atoms with E-state index in [-0.39, 0.29) is 24.0 Å². The monoisotopic (exact) mass is 383 g/mol. The van der Waals surface area contributed by atoms with Crippen LogP contribution in [0.1, 0.15) is 5.56 Å². The highest BCUT2D eigenvalue weighted by molar-refractivity contribution is 14.0. The van der Waals surface area contributed by atoms with Crippen molar-refractivity contribution in [3.05, 3.63) is 34.3 Å². The second-order valence-electron chi connectivity index (χ2n) is 2.77. The SMILES string of the molecule is CN=C(NC)NCc1ccccc1Br.I. The minimum Gasteiger partial charge on any atom is -0.359 e. The third kappa shape index (κ3) is 4.83. The summed E-state index contributed by atoms with van der Waals surface area (Å²) in [7, 11) is 3.59. The number of benzene rings is 1. The lowest BCUT2D eigenvalue weighted by Gasteiger charge is -2.09. The summed E-state index contributed by atoms with van der Waals surface area (Å²) < 4.78 is 1.11. The smallest absolute Gasteiger partial charge is 0.190 e. The molecule has 1 aromatic carbocycles. The zero-order valence-corrected chi connectivity index (χ0v) is 12.7. The Bertz CT molecular complexity index is 328. The van der Waals surface area contributed by atoms with Gasteiger partial charge in [-0.2, -0.15) is 0 Å². The van der Waals surface area contributed by atoms with Crippen molar-refractivity contribution in [2.75, 3.05) is 14.1 Å². The maximum atomic E-state index is 4.03. The van der Waals surface area contributed by atoms with E-state index in [0.717, 1.165) is 17.0 Å². The highest BCUT2D eigenvalue weighted by atomic mass is 127. The normalized spacial score (nSPS) is 10.5. The van der Waals surface area contributed by atoms with Crippen LogP contribution in [0.5, 0.6) is 0 Å². The molecule has 84 valence electrons. The lowest BCUT2D eigenvalue weighted by molar-refractivity contribution is 0.862. The third-order valence-corrected chi connectivity index (χ3v) is 2.64. The Morgan fingerprint density at radius 2 is 2.07 bits per heavy atom. The third-order valence-electron chi connectivity index (χ3n) is 1.86. The van der Waals surface area contributed by atoms with E-state index in [9.17, 15) is 0 Å². The molecule has 3 nitrogen and oxygen atoms in total. The van der Waals surface area contributed by atoms with E-state index in [1.165, 1.54) is 5.56 Å². The molecule has 0 unspecified atom stereocenters. The summed E-state index contributed by atoms with van der Waals surface area (Å²) in [5, 5.41) is 6.15. The Morgan fingerprint density at radius 3 is 2.60 bits per heavy atom. The van der Waals surface area contributed by atoms with E-state index < -0.39 is 0 Å². The van der Waals surface area contributed by atoms with Crippen LogP contribution in [0.2, 0.25) is 0 Å². The molecule has 0 aliphatic carbocycles. The molecule has 0 heterocycles. The van der Waals surface area contributed by atoms with Gasteiger partial charge in [-0.25, -0.2) is 0 Å². The maximum Gasteiger partial charge on any atom is 0.190 e. The lowest BCUT2D eigenvalue weighted by Crippen LogP contribution is -2.34. The fraction of sp³-hybridized carbons (Fsp3) is 0.300. The van der Waals surface area contributed by atoms with E-state index in [1.54, 1.807) is 7.05 Å². The molecule has 1 rings (SSSR count). The number of nitrogens with one attached hydrogen (secondary N) is 2. The van der Waals surface area contributed by atoms with Crippen molar-refractivity contribution in [3.63, 3.8) is 0 Å². The van der Waals surface area contributed by atoms with Gasteiger partial charge in [-0.1, -0.05) is 34.1 Å². The van der Waals surface area contributed by atoms with Gasteiger partial charge < -0.3 is 10.6 Å². The summed E-state index contributed by atoms with van der Waals surface area (Å²) in [5.41, 5.74) is 1.21. The van der Waals surface area contributed by atoms with Crippen molar-refractivity contribution in [1.29, 1.82) is 0 Å². The van der Waals surface area contributed by atoms with Gasteiger partial charge in [-0.15, -0.1) is 24.0 Å². The van der Waals surface area contributed by atoms with Crippen molar-refractivity contribution in [2.45, 2.75) is 6.54 Å².